The Kier molecular flexibility index (Phi) is 7.22. The minimum Gasteiger partial charge on any atom is -0.471 e. The van der Waals surface area contributed by atoms with E-state index in [1.807, 2.05) is 32.9 Å². The molecular formula is C28H30ClN7O3. The predicted octanol–water partition coefficient (Wildman–Crippen LogP) is 4.42. The van der Waals surface area contributed by atoms with Crippen molar-refractivity contribution in [2.45, 2.75) is 46.3 Å². The molecule has 0 radical (unpaired) electrons. The number of hydrogen-bond donors (Lipinski definition) is 1. The van der Waals surface area contributed by atoms with E-state index in [9.17, 15) is 9.59 Å². The van der Waals surface area contributed by atoms with Gasteiger partial charge in [0.1, 0.15) is 17.0 Å². The highest BCUT2D eigenvalue weighted by Gasteiger charge is 2.28. The molecule has 3 aromatic heterocycles. The zero-order valence-electron chi connectivity index (χ0n) is 22.5. The van der Waals surface area contributed by atoms with Gasteiger partial charge in [-0.15, -0.1) is 0 Å². The van der Waals surface area contributed by atoms with E-state index < -0.39 is 0 Å². The van der Waals surface area contributed by atoms with Crippen molar-refractivity contribution in [2.24, 2.45) is 7.05 Å². The zero-order chi connectivity index (χ0) is 27.8. The Morgan fingerprint density at radius 2 is 1.97 bits per heavy atom. The van der Waals surface area contributed by atoms with E-state index in [-0.39, 0.29) is 34.3 Å². The van der Waals surface area contributed by atoms with Gasteiger partial charge in [0.15, 0.2) is 5.78 Å². The first-order valence-corrected chi connectivity index (χ1v) is 13.1. The number of fused-ring (bicyclic) bond motifs is 1. The van der Waals surface area contributed by atoms with Crippen LogP contribution in [0.2, 0.25) is 5.15 Å². The second-order valence-corrected chi connectivity index (χ2v) is 10.3. The van der Waals surface area contributed by atoms with E-state index in [1.165, 1.54) is 6.92 Å². The number of Topliss-reactive ketones (excluding diaryl/α,β-unsaturated/α-hetero) is 1. The van der Waals surface area contributed by atoms with Crippen LogP contribution in [0.1, 0.15) is 53.6 Å². The van der Waals surface area contributed by atoms with Gasteiger partial charge in [0, 0.05) is 32.5 Å². The Balaban J connectivity index is 1.48. The van der Waals surface area contributed by atoms with Crippen LogP contribution in [0.5, 0.6) is 5.88 Å². The van der Waals surface area contributed by atoms with Crippen molar-refractivity contribution in [3.05, 3.63) is 74.7 Å². The van der Waals surface area contributed by atoms with Crippen molar-refractivity contribution < 1.29 is 9.53 Å². The lowest BCUT2D eigenvalue weighted by atomic mass is 10.0. The monoisotopic (exact) mass is 547 g/mol. The van der Waals surface area contributed by atoms with E-state index >= 15 is 0 Å². The van der Waals surface area contributed by atoms with Crippen molar-refractivity contribution in [3.8, 4) is 5.88 Å². The molecule has 5 rings (SSSR count). The normalized spacial score (nSPS) is 15.9. The third-order valence-corrected chi connectivity index (χ3v) is 7.05. The molecule has 0 saturated carbocycles. The maximum atomic E-state index is 13.5. The molecule has 10 nitrogen and oxygen atoms in total. The number of nitrogens with zero attached hydrogens (tertiary/aromatic N) is 6. The molecule has 4 aromatic rings. The maximum Gasteiger partial charge on any atom is 0.262 e. The number of anilines is 2. The van der Waals surface area contributed by atoms with Gasteiger partial charge in [-0.2, -0.15) is 0 Å². The third-order valence-electron chi connectivity index (χ3n) is 6.84. The van der Waals surface area contributed by atoms with Crippen LogP contribution >= 0.6 is 11.6 Å². The van der Waals surface area contributed by atoms with Crippen LogP contribution in [0.4, 0.5) is 11.6 Å². The second-order valence-electron chi connectivity index (χ2n) is 9.95. The predicted molar refractivity (Wildman–Crippen MR) is 151 cm³/mol. The molecule has 202 valence electrons. The molecule has 0 amide bonds. The largest absolute Gasteiger partial charge is 0.471 e. The maximum absolute atomic E-state index is 13.5. The lowest BCUT2D eigenvalue weighted by Gasteiger charge is -2.23. The van der Waals surface area contributed by atoms with Gasteiger partial charge in [0.05, 0.1) is 47.3 Å². The number of ether oxygens (including phenoxy) is 1. The van der Waals surface area contributed by atoms with Crippen LogP contribution in [0, 0.1) is 13.8 Å². The van der Waals surface area contributed by atoms with Crippen molar-refractivity contribution in [2.75, 3.05) is 23.3 Å². The molecule has 0 unspecified atom stereocenters. The van der Waals surface area contributed by atoms with Crippen molar-refractivity contribution in [3.63, 3.8) is 0 Å². The van der Waals surface area contributed by atoms with Gasteiger partial charge >= 0.3 is 0 Å². The van der Waals surface area contributed by atoms with Crippen LogP contribution in [0.3, 0.4) is 0 Å². The topological polar surface area (TPSA) is 115 Å². The number of carbonyl (C=O) groups excluding carboxylic acids is 1. The van der Waals surface area contributed by atoms with E-state index in [2.05, 4.69) is 25.2 Å². The number of benzene rings is 1. The fourth-order valence-corrected chi connectivity index (χ4v) is 5.05. The van der Waals surface area contributed by atoms with Crippen LogP contribution in [-0.2, 0) is 7.05 Å². The van der Waals surface area contributed by atoms with Crippen molar-refractivity contribution >= 4 is 39.9 Å². The van der Waals surface area contributed by atoms with Crippen LogP contribution in [0.15, 0.2) is 41.5 Å². The van der Waals surface area contributed by atoms with Gasteiger partial charge in [-0.05, 0) is 44.5 Å². The average Bonchev–Trinajstić information content (AvgIpc) is 3.36. The molecule has 1 saturated heterocycles. The van der Waals surface area contributed by atoms with E-state index in [1.54, 1.807) is 36.1 Å². The molecule has 1 aliphatic rings. The third kappa shape index (κ3) is 5.42. The summed E-state index contributed by atoms with van der Waals surface area (Å²) >= 11 is 6.03. The standard InChI is InChI=1S/C28H30ClN7O3/c1-15-10-20(17(3)32-22-6-7-23(29)33-25(22)18(4)37)26-21(11-15)27(38)35(5)28(34-26)36-9-8-19(14-36)39-24-13-30-16(2)12-31-24/h6-7,10-13,17,19,32H,8-9,14H2,1-5H3/t17-,19-/m1/s1. The van der Waals surface area contributed by atoms with E-state index in [4.69, 9.17) is 21.3 Å². The van der Waals surface area contributed by atoms with Gasteiger partial charge in [-0.3, -0.25) is 19.1 Å². The summed E-state index contributed by atoms with van der Waals surface area (Å²) in [7, 11) is 1.74. The minimum atomic E-state index is -0.282. The number of halogens is 1. The van der Waals surface area contributed by atoms with Gasteiger partial charge in [0.25, 0.3) is 5.56 Å². The Morgan fingerprint density at radius 3 is 2.69 bits per heavy atom. The fourth-order valence-electron chi connectivity index (χ4n) is 4.90. The molecule has 1 N–H and O–H groups in total. The summed E-state index contributed by atoms with van der Waals surface area (Å²) in [6.45, 7) is 8.49. The molecule has 1 aromatic carbocycles. The summed E-state index contributed by atoms with van der Waals surface area (Å²) in [5, 5.41) is 4.16. The molecule has 0 aliphatic carbocycles. The van der Waals surface area contributed by atoms with Crippen molar-refractivity contribution in [1.82, 2.24) is 24.5 Å². The zero-order valence-corrected chi connectivity index (χ0v) is 23.3. The summed E-state index contributed by atoms with van der Waals surface area (Å²) in [5.41, 5.74) is 3.92. The van der Waals surface area contributed by atoms with Crippen molar-refractivity contribution in [1.29, 1.82) is 0 Å². The highest BCUT2D eigenvalue weighted by molar-refractivity contribution is 6.29. The Labute approximate surface area is 231 Å². The van der Waals surface area contributed by atoms with Crippen LogP contribution < -0.4 is 20.5 Å². The van der Waals surface area contributed by atoms with Gasteiger partial charge in [-0.25, -0.2) is 15.0 Å². The van der Waals surface area contributed by atoms with Gasteiger partial charge in [0.2, 0.25) is 11.8 Å². The summed E-state index contributed by atoms with van der Waals surface area (Å²) < 4.78 is 7.63. The minimum absolute atomic E-state index is 0.102. The second kappa shape index (κ2) is 10.6. The first-order valence-electron chi connectivity index (χ1n) is 12.8. The number of carbonyl (C=O) groups is 1. The summed E-state index contributed by atoms with van der Waals surface area (Å²) in [6, 6.07) is 6.97. The Bertz CT molecular complexity index is 1620. The lowest BCUT2D eigenvalue weighted by molar-refractivity contribution is 0.101. The van der Waals surface area contributed by atoms with E-state index in [0.29, 0.717) is 41.5 Å². The first kappa shape index (κ1) is 26.6. The number of rotatable bonds is 7. The Hall–Kier alpha value is -4.05. The molecule has 11 heteroatoms. The molecule has 4 heterocycles. The lowest BCUT2D eigenvalue weighted by Crippen LogP contribution is -2.32. The summed E-state index contributed by atoms with van der Waals surface area (Å²) in [6.07, 6.45) is 3.96. The van der Waals surface area contributed by atoms with Crippen LogP contribution in [0.25, 0.3) is 10.9 Å². The molecule has 39 heavy (non-hydrogen) atoms. The summed E-state index contributed by atoms with van der Waals surface area (Å²) in [4.78, 5) is 45.5. The highest BCUT2D eigenvalue weighted by Crippen LogP contribution is 2.30. The number of aromatic nitrogens is 5. The summed E-state index contributed by atoms with van der Waals surface area (Å²) in [5.74, 6) is 0.855. The number of hydrogen-bond acceptors (Lipinski definition) is 9. The highest BCUT2D eigenvalue weighted by atomic mass is 35.5. The number of pyridine rings is 1. The molecule has 1 aliphatic heterocycles. The average molecular weight is 548 g/mol. The Morgan fingerprint density at radius 1 is 1.18 bits per heavy atom. The quantitative estimate of drug-likeness (QED) is 0.265. The number of aryl methyl sites for hydroxylation is 2. The number of nitrogens with one attached hydrogen (secondary N) is 1. The fraction of sp³-hybridized carbons (Fsp3) is 0.357. The van der Waals surface area contributed by atoms with E-state index in [0.717, 1.165) is 23.2 Å². The molecule has 0 bridgehead atoms. The first-order chi connectivity index (χ1) is 18.6. The van der Waals surface area contributed by atoms with Crippen LogP contribution in [-0.4, -0.2) is 49.5 Å². The van der Waals surface area contributed by atoms with Gasteiger partial charge < -0.3 is 15.0 Å². The number of ketones is 1. The molecule has 1 fully saturated rings. The molecular weight excluding hydrogens is 518 g/mol. The molecule has 2 atom stereocenters. The smallest absolute Gasteiger partial charge is 0.262 e. The van der Waals surface area contributed by atoms with Gasteiger partial charge in [-0.1, -0.05) is 17.7 Å². The molecule has 0 spiro atoms. The SMILES string of the molecule is CC(=O)c1nc(Cl)ccc1N[C@H](C)c1cc(C)cc2c(=O)n(C)c(N3CC[C@@H](Oc4cnc(C)cn4)C3)nc12.